The number of aromatic amines is 1. The van der Waals surface area contributed by atoms with Crippen LogP contribution in [-0.2, 0) is 11.3 Å². The summed E-state index contributed by atoms with van der Waals surface area (Å²) in [5.74, 6) is -0.152. The van der Waals surface area contributed by atoms with E-state index in [2.05, 4.69) is 15.3 Å². The number of aromatic nitrogens is 2. The highest BCUT2D eigenvalue weighted by Crippen LogP contribution is 2.22. The summed E-state index contributed by atoms with van der Waals surface area (Å²) < 4.78 is 0. The number of amides is 1. The number of benzene rings is 1. The van der Waals surface area contributed by atoms with Crippen LogP contribution in [0.15, 0.2) is 35.1 Å². The molecule has 0 aliphatic carbocycles. The fraction of sp³-hybridized carbons (Fsp3) is 0.214. The van der Waals surface area contributed by atoms with Gasteiger partial charge < -0.3 is 15.4 Å². The van der Waals surface area contributed by atoms with Gasteiger partial charge in [0.15, 0.2) is 6.10 Å². The minimum atomic E-state index is -1.37. The van der Waals surface area contributed by atoms with Crippen molar-refractivity contribution < 1.29 is 9.90 Å². The van der Waals surface area contributed by atoms with E-state index >= 15 is 0 Å². The Morgan fingerprint density at radius 3 is 2.86 bits per heavy atom. The SMILES string of the molecule is Cc1nc(CNC(=O)[C@H](O)c2ccccc2Cl)cc(=O)[nH]1. The molecular weight excluding hydrogens is 294 g/mol. The number of aliphatic hydroxyl groups excluding tert-OH is 1. The third-order valence-electron chi connectivity index (χ3n) is 2.81. The second-order valence-corrected chi connectivity index (χ2v) is 4.87. The normalized spacial score (nSPS) is 12.0. The van der Waals surface area contributed by atoms with Crippen LogP contribution in [0.4, 0.5) is 0 Å². The lowest BCUT2D eigenvalue weighted by atomic mass is 10.1. The number of nitrogens with zero attached hydrogens (tertiary/aromatic N) is 1. The van der Waals surface area contributed by atoms with Crippen molar-refractivity contribution in [3.8, 4) is 0 Å². The molecule has 1 heterocycles. The lowest BCUT2D eigenvalue weighted by molar-refractivity contribution is -0.129. The third-order valence-corrected chi connectivity index (χ3v) is 3.15. The number of carbonyl (C=O) groups excluding carboxylic acids is 1. The maximum atomic E-state index is 11.9. The van der Waals surface area contributed by atoms with Crippen molar-refractivity contribution in [2.24, 2.45) is 0 Å². The van der Waals surface area contributed by atoms with Crippen LogP contribution in [-0.4, -0.2) is 21.0 Å². The van der Waals surface area contributed by atoms with Crippen molar-refractivity contribution in [2.45, 2.75) is 19.6 Å². The molecule has 0 bridgehead atoms. The first-order valence-corrected chi connectivity index (χ1v) is 6.62. The highest BCUT2D eigenvalue weighted by Gasteiger charge is 2.19. The molecule has 0 radical (unpaired) electrons. The van der Waals surface area contributed by atoms with E-state index in [9.17, 15) is 14.7 Å². The first-order chi connectivity index (χ1) is 9.97. The summed E-state index contributed by atoms with van der Waals surface area (Å²) in [6.45, 7) is 1.69. The summed E-state index contributed by atoms with van der Waals surface area (Å²) in [7, 11) is 0. The van der Waals surface area contributed by atoms with Crippen LogP contribution >= 0.6 is 11.6 Å². The molecule has 0 fully saturated rings. The monoisotopic (exact) mass is 307 g/mol. The van der Waals surface area contributed by atoms with Crippen molar-refractivity contribution in [1.82, 2.24) is 15.3 Å². The van der Waals surface area contributed by atoms with Crippen molar-refractivity contribution in [2.75, 3.05) is 0 Å². The fourth-order valence-corrected chi connectivity index (χ4v) is 2.08. The molecule has 1 aromatic carbocycles. The minimum absolute atomic E-state index is 0.0467. The molecule has 1 amide bonds. The molecule has 0 spiro atoms. The molecule has 0 saturated heterocycles. The van der Waals surface area contributed by atoms with Gasteiger partial charge in [0.25, 0.3) is 11.5 Å². The Bertz CT molecular complexity index is 715. The van der Waals surface area contributed by atoms with Gasteiger partial charge in [-0.1, -0.05) is 29.8 Å². The lowest BCUT2D eigenvalue weighted by Crippen LogP contribution is -2.30. The summed E-state index contributed by atoms with van der Waals surface area (Å²) in [5, 5.41) is 12.8. The van der Waals surface area contributed by atoms with E-state index < -0.39 is 12.0 Å². The molecule has 1 atom stereocenters. The van der Waals surface area contributed by atoms with E-state index in [4.69, 9.17) is 11.6 Å². The molecule has 110 valence electrons. The maximum Gasteiger partial charge on any atom is 0.253 e. The van der Waals surface area contributed by atoms with Crippen molar-refractivity contribution in [3.05, 3.63) is 62.8 Å². The van der Waals surface area contributed by atoms with E-state index in [0.717, 1.165) is 0 Å². The summed E-state index contributed by atoms with van der Waals surface area (Å²) in [4.78, 5) is 29.8. The molecule has 0 unspecified atom stereocenters. The number of H-pyrrole nitrogens is 1. The van der Waals surface area contributed by atoms with Gasteiger partial charge in [-0.15, -0.1) is 0 Å². The number of carbonyl (C=O) groups is 1. The Morgan fingerprint density at radius 2 is 2.19 bits per heavy atom. The van der Waals surface area contributed by atoms with Gasteiger partial charge in [0.1, 0.15) is 5.82 Å². The Hall–Kier alpha value is -2.18. The standard InChI is InChI=1S/C14H14ClN3O3/c1-8-17-9(6-12(19)18-8)7-16-14(21)13(20)10-4-2-3-5-11(10)15/h2-6,13,20H,7H2,1H3,(H,16,21)(H,17,18,19)/t13-/m1/s1. The number of hydrogen-bond acceptors (Lipinski definition) is 4. The smallest absolute Gasteiger partial charge is 0.253 e. The Kier molecular flexibility index (Phi) is 4.72. The predicted octanol–water partition coefficient (Wildman–Crippen LogP) is 1.08. The highest BCUT2D eigenvalue weighted by molar-refractivity contribution is 6.31. The molecule has 3 N–H and O–H groups in total. The molecule has 0 aliphatic rings. The topological polar surface area (TPSA) is 95.1 Å². The van der Waals surface area contributed by atoms with Gasteiger partial charge in [-0.3, -0.25) is 9.59 Å². The zero-order valence-electron chi connectivity index (χ0n) is 11.3. The van der Waals surface area contributed by atoms with Gasteiger partial charge in [-0.25, -0.2) is 4.98 Å². The fourth-order valence-electron chi connectivity index (χ4n) is 1.84. The quantitative estimate of drug-likeness (QED) is 0.787. The zero-order valence-corrected chi connectivity index (χ0v) is 12.0. The average Bonchev–Trinajstić information content (AvgIpc) is 2.43. The van der Waals surface area contributed by atoms with E-state index in [-0.39, 0.29) is 12.1 Å². The molecule has 2 rings (SSSR count). The number of nitrogens with one attached hydrogen (secondary N) is 2. The molecule has 2 aromatic rings. The van der Waals surface area contributed by atoms with Crippen LogP contribution in [0.25, 0.3) is 0 Å². The van der Waals surface area contributed by atoms with E-state index in [1.54, 1.807) is 31.2 Å². The first-order valence-electron chi connectivity index (χ1n) is 6.24. The summed E-state index contributed by atoms with van der Waals surface area (Å²) in [5.41, 5.74) is 0.445. The van der Waals surface area contributed by atoms with Crippen molar-refractivity contribution in [3.63, 3.8) is 0 Å². The minimum Gasteiger partial charge on any atom is -0.378 e. The van der Waals surface area contributed by atoms with Crippen LogP contribution in [0, 0.1) is 6.92 Å². The molecule has 21 heavy (non-hydrogen) atoms. The van der Waals surface area contributed by atoms with Gasteiger partial charge in [0.05, 0.1) is 12.2 Å². The maximum absolute atomic E-state index is 11.9. The Morgan fingerprint density at radius 1 is 1.48 bits per heavy atom. The van der Waals surface area contributed by atoms with E-state index in [1.807, 2.05) is 0 Å². The van der Waals surface area contributed by atoms with Gasteiger partial charge in [0.2, 0.25) is 0 Å². The first kappa shape index (κ1) is 15.2. The molecular formula is C14H14ClN3O3. The van der Waals surface area contributed by atoms with Gasteiger partial charge in [0, 0.05) is 16.7 Å². The number of halogens is 1. The summed E-state index contributed by atoms with van der Waals surface area (Å²) in [6, 6.07) is 7.84. The van der Waals surface area contributed by atoms with Crippen molar-refractivity contribution in [1.29, 1.82) is 0 Å². The molecule has 1 aromatic heterocycles. The summed E-state index contributed by atoms with van der Waals surface area (Å²) in [6.07, 6.45) is -1.37. The Balaban J connectivity index is 2.05. The largest absolute Gasteiger partial charge is 0.378 e. The van der Waals surface area contributed by atoms with Gasteiger partial charge in [-0.2, -0.15) is 0 Å². The third kappa shape index (κ3) is 3.90. The second kappa shape index (κ2) is 6.51. The predicted molar refractivity (Wildman–Crippen MR) is 77.9 cm³/mol. The van der Waals surface area contributed by atoms with E-state index in [1.165, 1.54) is 6.07 Å². The molecule has 6 nitrogen and oxygen atoms in total. The van der Waals surface area contributed by atoms with E-state index in [0.29, 0.717) is 22.1 Å². The van der Waals surface area contributed by atoms with Crippen LogP contribution in [0.3, 0.4) is 0 Å². The summed E-state index contributed by atoms with van der Waals surface area (Å²) >= 11 is 5.92. The second-order valence-electron chi connectivity index (χ2n) is 4.46. The van der Waals surface area contributed by atoms with Crippen LogP contribution in [0.5, 0.6) is 0 Å². The van der Waals surface area contributed by atoms with Crippen LogP contribution in [0.2, 0.25) is 5.02 Å². The number of hydrogen-bond donors (Lipinski definition) is 3. The Labute approximate surface area is 125 Å². The molecule has 0 saturated carbocycles. The lowest BCUT2D eigenvalue weighted by Gasteiger charge is -2.12. The zero-order chi connectivity index (χ0) is 15.4. The highest BCUT2D eigenvalue weighted by atomic mass is 35.5. The number of aliphatic hydroxyl groups is 1. The number of rotatable bonds is 4. The average molecular weight is 308 g/mol. The van der Waals surface area contributed by atoms with Crippen LogP contribution in [0.1, 0.15) is 23.2 Å². The molecule has 7 heteroatoms. The van der Waals surface area contributed by atoms with Crippen molar-refractivity contribution >= 4 is 17.5 Å². The molecule has 0 aliphatic heterocycles. The van der Waals surface area contributed by atoms with Gasteiger partial charge >= 0.3 is 0 Å². The van der Waals surface area contributed by atoms with Crippen LogP contribution < -0.4 is 10.9 Å². The van der Waals surface area contributed by atoms with Gasteiger partial charge in [-0.05, 0) is 13.0 Å². The number of aryl methyl sites for hydroxylation is 1.